The van der Waals surface area contributed by atoms with Crippen molar-refractivity contribution in [3.8, 4) is 0 Å². The van der Waals surface area contributed by atoms with E-state index in [1.54, 1.807) is 39.2 Å². The van der Waals surface area contributed by atoms with E-state index in [4.69, 9.17) is 0 Å². The van der Waals surface area contributed by atoms with Gasteiger partial charge in [0.15, 0.2) is 11.5 Å². The molecular formula is C12H18N6O. The van der Waals surface area contributed by atoms with Crippen molar-refractivity contribution in [1.29, 1.82) is 0 Å². The third kappa shape index (κ3) is 2.59. The van der Waals surface area contributed by atoms with E-state index in [0.29, 0.717) is 17.3 Å². The maximum atomic E-state index is 11.9. The Hall–Kier alpha value is -2.31. The summed E-state index contributed by atoms with van der Waals surface area (Å²) < 4.78 is 1.86. The van der Waals surface area contributed by atoms with E-state index in [-0.39, 0.29) is 11.9 Å². The molecule has 2 aromatic heterocycles. The monoisotopic (exact) mass is 262 g/mol. The Kier molecular flexibility index (Phi) is 3.55. The lowest BCUT2D eigenvalue weighted by atomic mass is 10.3. The van der Waals surface area contributed by atoms with Gasteiger partial charge in [0.05, 0.1) is 6.20 Å². The highest BCUT2D eigenvalue weighted by molar-refractivity contribution is 5.84. The Labute approximate surface area is 111 Å². The summed E-state index contributed by atoms with van der Waals surface area (Å²) >= 11 is 0. The summed E-state index contributed by atoms with van der Waals surface area (Å²) in [6.45, 7) is 1.80. The normalized spacial score (nSPS) is 12.2. The topological polar surface area (TPSA) is 74.6 Å². The average Bonchev–Trinajstić information content (AvgIpc) is 2.85. The molecule has 1 atom stereocenters. The summed E-state index contributed by atoms with van der Waals surface area (Å²) in [5.41, 5.74) is 0.692. The van der Waals surface area contributed by atoms with Gasteiger partial charge in [-0.3, -0.25) is 4.79 Å². The van der Waals surface area contributed by atoms with Gasteiger partial charge in [0.25, 0.3) is 0 Å². The van der Waals surface area contributed by atoms with Crippen LogP contribution in [0, 0.1) is 0 Å². The molecule has 2 aromatic rings. The fraction of sp³-hybridized carbons (Fsp3) is 0.417. The maximum absolute atomic E-state index is 11.9. The van der Waals surface area contributed by atoms with Crippen molar-refractivity contribution in [2.75, 3.05) is 31.8 Å². The first-order chi connectivity index (χ1) is 9.02. The Morgan fingerprint density at radius 1 is 1.47 bits per heavy atom. The number of fused-ring (bicyclic) bond motifs is 1. The second kappa shape index (κ2) is 5.13. The van der Waals surface area contributed by atoms with Gasteiger partial charge in [-0.25, -0.2) is 9.97 Å². The summed E-state index contributed by atoms with van der Waals surface area (Å²) in [4.78, 5) is 22.0. The minimum absolute atomic E-state index is 0.0126. The van der Waals surface area contributed by atoms with Crippen LogP contribution in [0.2, 0.25) is 0 Å². The summed E-state index contributed by atoms with van der Waals surface area (Å²) in [6.07, 6.45) is 5.37. The molecule has 7 nitrogen and oxygen atoms in total. The van der Waals surface area contributed by atoms with Gasteiger partial charge in [-0.1, -0.05) is 0 Å². The number of hydrogen-bond donors (Lipinski definition) is 2. The molecule has 102 valence electrons. The number of amides is 1. The Bertz CT molecular complexity index is 591. The van der Waals surface area contributed by atoms with Crippen LogP contribution >= 0.6 is 0 Å². The van der Waals surface area contributed by atoms with E-state index in [0.717, 1.165) is 0 Å². The standard InChI is InChI=1S/C12H18N6O/c1-8(12(19)17(3)4)15-10-11-14-5-6-18(11)7-9(13-2)16-10/h5-8,13H,1-4H3,(H,15,16). The maximum Gasteiger partial charge on any atom is 0.244 e. The quantitative estimate of drug-likeness (QED) is 0.846. The molecule has 2 rings (SSSR count). The van der Waals surface area contributed by atoms with Crippen LogP contribution in [0.25, 0.3) is 5.65 Å². The smallest absolute Gasteiger partial charge is 0.244 e. The molecule has 7 heteroatoms. The van der Waals surface area contributed by atoms with Gasteiger partial charge in [0, 0.05) is 33.5 Å². The largest absolute Gasteiger partial charge is 0.372 e. The zero-order valence-corrected chi connectivity index (χ0v) is 11.5. The first-order valence-electron chi connectivity index (χ1n) is 6.02. The predicted molar refractivity (Wildman–Crippen MR) is 74.3 cm³/mol. The molecule has 1 amide bonds. The van der Waals surface area contributed by atoms with Crippen molar-refractivity contribution in [1.82, 2.24) is 19.3 Å². The lowest BCUT2D eigenvalue weighted by Gasteiger charge is -2.19. The highest BCUT2D eigenvalue weighted by Crippen LogP contribution is 2.17. The van der Waals surface area contributed by atoms with E-state index < -0.39 is 0 Å². The number of rotatable bonds is 4. The summed E-state index contributed by atoms with van der Waals surface area (Å²) in [6, 6.07) is -0.366. The van der Waals surface area contributed by atoms with Crippen LogP contribution in [0.3, 0.4) is 0 Å². The van der Waals surface area contributed by atoms with Crippen LogP contribution in [0.4, 0.5) is 11.6 Å². The van der Waals surface area contributed by atoms with Crippen molar-refractivity contribution in [2.24, 2.45) is 0 Å². The predicted octanol–water partition coefficient (Wildman–Crippen LogP) is 0.660. The molecule has 19 heavy (non-hydrogen) atoms. The van der Waals surface area contributed by atoms with Gasteiger partial charge in [0.1, 0.15) is 11.9 Å². The molecular weight excluding hydrogens is 244 g/mol. The molecule has 0 bridgehead atoms. The molecule has 0 radical (unpaired) electrons. The van der Waals surface area contributed by atoms with Crippen LogP contribution in [0.15, 0.2) is 18.6 Å². The zero-order chi connectivity index (χ0) is 14.0. The van der Waals surface area contributed by atoms with Crippen LogP contribution in [-0.2, 0) is 4.79 Å². The molecule has 0 spiro atoms. The number of carbonyl (C=O) groups excluding carboxylic acids is 1. The van der Waals surface area contributed by atoms with E-state index in [9.17, 15) is 4.79 Å². The molecule has 0 aliphatic carbocycles. The fourth-order valence-corrected chi connectivity index (χ4v) is 1.80. The molecule has 2 heterocycles. The van der Waals surface area contributed by atoms with Crippen LogP contribution < -0.4 is 10.6 Å². The molecule has 0 saturated heterocycles. The molecule has 0 aliphatic heterocycles. The third-order valence-corrected chi connectivity index (χ3v) is 2.79. The third-order valence-electron chi connectivity index (χ3n) is 2.79. The number of aromatic nitrogens is 3. The van der Waals surface area contributed by atoms with E-state index in [1.165, 1.54) is 0 Å². The van der Waals surface area contributed by atoms with E-state index in [1.807, 2.05) is 16.8 Å². The van der Waals surface area contributed by atoms with Crippen molar-refractivity contribution >= 4 is 23.2 Å². The van der Waals surface area contributed by atoms with Gasteiger partial charge in [-0.15, -0.1) is 0 Å². The van der Waals surface area contributed by atoms with Crippen LogP contribution in [0.1, 0.15) is 6.92 Å². The summed E-state index contributed by atoms with van der Waals surface area (Å²) in [5, 5.41) is 6.08. The second-order valence-corrected chi connectivity index (χ2v) is 4.48. The highest BCUT2D eigenvalue weighted by Gasteiger charge is 2.17. The van der Waals surface area contributed by atoms with Crippen molar-refractivity contribution in [3.63, 3.8) is 0 Å². The molecule has 0 aromatic carbocycles. The Balaban J connectivity index is 2.33. The minimum Gasteiger partial charge on any atom is -0.372 e. The number of hydrogen-bond acceptors (Lipinski definition) is 5. The SMILES string of the molecule is CNc1cn2ccnc2c(NC(C)C(=O)N(C)C)n1. The van der Waals surface area contributed by atoms with Gasteiger partial charge >= 0.3 is 0 Å². The molecule has 1 unspecified atom stereocenters. The van der Waals surface area contributed by atoms with Crippen molar-refractivity contribution in [2.45, 2.75) is 13.0 Å². The minimum atomic E-state index is -0.366. The molecule has 0 aliphatic rings. The zero-order valence-electron chi connectivity index (χ0n) is 11.5. The summed E-state index contributed by atoms with van der Waals surface area (Å²) in [5.74, 6) is 1.28. The van der Waals surface area contributed by atoms with Gasteiger partial charge < -0.3 is 19.9 Å². The van der Waals surface area contributed by atoms with Gasteiger partial charge in [-0.05, 0) is 6.92 Å². The lowest BCUT2D eigenvalue weighted by molar-refractivity contribution is -0.129. The van der Waals surface area contributed by atoms with Gasteiger partial charge in [-0.2, -0.15) is 0 Å². The second-order valence-electron chi connectivity index (χ2n) is 4.48. The highest BCUT2D eigenvalue weighted by atomic mass is 16.2. The first kappa shape index (κ1) is 13.1. The van der Waals surface area contributed by atoms with E-state index >= 15 is 0 Å². The molecule has 0 fully saturated rings. The first-order valence-corrected chi connectivity index (χ1v) is 6.02. The molecule has 2 N–H and O–H groups in total. The number of likely N-dealkylation sites (N-methyl/N-ethyl adjacent to an activating group) is 1. The number of anilines is 2. The number of imidazole rings is 1. The fourth-order valence-electron chi connectivity index (χ4n) is 1.80. The van der Waals surface area contributed by atoms with Crippen LogP contribution in [0.5, 0.6) is 0 Å². The lowest BCUT2D eigenvalue weighted by Crippen LogP contribution is -2.37. The summed E-state index contributed by atoms with van der Waals surface area (Å²) in [7, 11) is 5.25. The van der Waals surface area contributed by atoms with Crippen molar-refractivity contribution < 1.29 is 4.79 Å². The number of nitrogens with zero attached hydrogens (tertiary/aromatic N) is 4. The number of nitrogens with one attached hydrogen (secondary N) is 2. The Morgan fingerprint density at radius 3 is 2.84 bits per heavy atom. The van der Waals surface area contributed by atoms with Gasteiger partial charge in [0.2, 0.25) is 5.91 Å². The van der Waals surface area contributed by atoms with Crippen molar-refractivity contribution in [3.05, 3.63) is 18.6 Å². The van der Waals surface area contributed by atoms with Crippen LogP contribution in [-0.4, -0.2) is 52.4 Å². The average molecular weight is 262 g/mol. The number of carbonyl (C=O) groups is 1. The Morgan fingerprint density at radius 2 is 2.21 bits per heavy atom. The molecule has 0 saturated carbocycles. The van der Waals surface area contributed by atoms with E-state index in [2.05, 4.69) is 20.6 Å².